The summed E-state index contributed by atoms with van der Waals surface area (Å²) >= 11 is 0. The molecule has 2 amide bonds. The zero-order chi connectivity index (χ0) is 28.4. The van der Waals surface area contributed by atoms with Crippen LogP contribution in [0.4, 0.5) is 5.69 Å². The van der Waals surface area contributed by atoms with Crippen molar-refractivity contribution < 1.29 is 23.8 Å². The number of methoxy groups -OCH3 is 3. The first-order chi connectivity index (χ1) is 19.3. The van der Waals surface area contributed by atoms with Gasteiger partial charge >= 0.3 is 0 Å². The highest BCUT2D eigenvalue weighted by molar-refractivity contribution is 5.84. The number of hydrogen-bond acceptors (Lipinski definition) is 7. The third kappa shape index (κ3) is 5.37. The maximum Gasteiger partial charge on any atom is 0.239 e. The summed E-state index contributed by atoms with van der Waals surface area (Å²) in [5, 5.41) is 9.05. The number of carbonyl (C=O) groups is 2. The van der Waals surface area contributed by atoms with E-state index >= 15 is 0 Å². The fraction of sp³-hybridized carbons (Fsp3) is 0.452. The molecule has 212 valence electrons. The molecular formula is C31H37N3O6. The lowest BCUT2D eigenvalue weighted by Gasteiger charge is -2.19. The molecule has 9 nitrogen and oxygen atoms in total. The molecule has 40 heavy (non-hydrogen) atoms. The van der Waals surface area contributed by atoms with Gasteiger partial charge in [-0.2, -0.15) is 0 Å². The van der Waals surface area contributed by atoms with Crippen molar-refractivity contribution in [3.8, 4) is 28.4 Å². The van der Waals surface area contributed by atoms with Crippen molar-refractivity contribution in [1.29, 1.82) is 0 Å². The lowest BCUT2D eigenvalue weighted by Crippen LogP contribution is -2.35. The van der Waals surface area contributed by atoms with E-state index in [-0.39, 0.29) is 23.8 Å². The van der Waals surface area contributed by atoms with Gasteiger partial charge in [0.2, 0.25) is 23.0 Å². The largest absolute Gasteiger partial charge is 0.493 e. The van der Waals surface area contributed by atoms with Gasteiger partial charge in [-0.05, 0) is 78.3 Å². The molecule has 0 aromatic heterocycles. The first kappa shape index (κ1) is 27.6. The Morgan fingerprint density at radius 3 is 2.45 bits per heavy atom. The Bertz CT molecular complexity index is 1400. The second-order valence-corrected chi connectivity index (χ2v) is 10.8. The predicted octanol–water partition coefficient (Wildman–Crippen LogP) is 3.60. The number of carbonyl (C=O) groups excluding carboxylic acids is 2. The van der Waals surface area contributed by atoms with Crippen LogP contribution in [0.1, 0.15) is 43.4 Å². The number of fused-ring (bicyclic) bond motifs is 5. The maximum atomic E-state index is 13.4. The number of rotatable bonds is 9. The Kier molecular flexibility index (Phi) is 8.00. The van der Waals surface area contributed by atoms with Crippen molar-refractivity contribution in [1.82, 2.24) is 10.6 Å². The van der Waals surface area contributed by atoms with E-state index in [0.29, 0.717) is 65.6 Å². The van der Waals surface area contributed by atoms with Crippen LogP contribution in [0.25, 0.3) is 11.1 Å². The first-order valence-corrected chi connectivity index (χ1v) is 13.8. The van der Waals surface area contributed by atoms with Crippen LogP contribution in [0.2, 0.25) is 0 Å². The fourth-order valence-corrected chi connectivity index (χ4v) is 6.47. The van der Waals surface area contributed by atoms with Gasteiger partial charge in [-0.15, -0.1) is 0 Å². The lowest BCUT2D eigenvalue weighted by atomic mass is 9.94. The van der Waals surface area contributed by atoms with Gasteiger partial charge in [0.1, 0.15) is 0 Å². The predicted molar refractivity (Wildman–Crippen MR) is 153 cm³/mol. The van der Waals surface area contributed by atoms with Crippen molar-refractivity contribution in [3.63, 3.8) is 0 Å². The van der Waals surface area contributed by atoms with E-state index in [1.54, 1.807) is 33.5 Å². The Hall–Kier alpha value is -4.01. The highest BCUT2D eigenvalue weighted by Gasteiger charge is 2.35. The number of nitrogens with one attached hydrogen (secondary N) is 3. The zero-order valence-electron chi connectivity index (χ0n) is 23.5. The maximum absolute atomic E-state index is 13.4. The van der Waals surface area contributed by atoms with Crippen molar-refractivity contribution in [2.24, 2.45) is 17.8 Å². The quantitative estimate of drug-likeness (QED) is 0.411. The third-order valence-corrected chi connectivity index (χ3v) is 8.33. The molecule has 0 saturated heterocycles. The van der Waals surface area contributed by atoms with Gasteiger partial charge in [0.15, 0.2) is 11.5 Å². The van der Waals surface area contributed by atoms with Crippen LogP contribution >= 0.6 is 0 Å². The van der Waals surface area contributed by atoms with Crippen LogP contribution in [0.15, 0.2) is 41.2 Å². The van der Waals surface area contributed by atoms with Crippen molar-refractivity contribution in [2.45, 2.75) is 38.6 Å². The van der Waals surface area contributed by atoms with E-state index in [1.807, 2.05) is 12.1 Å². The monoisotopic (exact) mass is 547 g/mol. The molecule has 3 aliphatic rings. The summed E-state index contributed by atoms with van der Waals surface area (Å²) in [7, 11) is 4.68. The molecule has 3 N–H and O–H groups in total. The van der Waals surface area contributed by atoms with Crippen LogP contribution in [0.5, 0.6) is 17.2 Å². The molecule has 0 spiro atoms. The fourth-order valence-electron chi connectivity index (χ4n) is 6.47. The lowest BCUT2D eigenvalue weighted by molar-refractivity contribution is -0.120. The smallest absolute Gasteiger partial charge is 0.239 e. The molecule has 2 bridgehead atoms. The summed E-state index contributed by atoms with van der Waals surface area (Å²) in [6, 6.07) is 6.59. The van der Waals surface area contributed by atoms with Gasteiger partial charge in [0.25, 0.3) is 0 Å². The van der Waals surface area contributed by atoms with E-state index in [0.717, 1.165) is 23.1 Å². The number of benzene rings is 1. The molecule has 2 aromatic rings. The molecule has 9 heteroatoms. The second kappa shape index (κ2) is 11.6. The average molecular weight is 548 g/mol. The van der Waals surface area contributed by atoms with Crippen LogP contribution < -0.4 is 35.6 Å². The minimum Gasteiger partial charge on any atom is -0.493 e. The molecule has 2 aromatic carbocycles. The molecule has 1 fully saturated rings. The van der Waals surface area contributed by atoms with Crippen LogP contribution in [0, 0.1) is 17.8 Å². The van der Waals surface area contributed by atoms with Crippen LogP contribution in [-0.2, 0) is 16.0 Å². The van der Waals surface area contributed by atoms with E-state index in [2.05, 4.69) is 28.1 Å². The highest BCUT2D eigenvalue weighted by atomic mass is 16.5. The van der Waals surface area contributed by atoms with Crippen molar-refractivity contribution in [3.05, 3.63) is 57.8 Å². The van der Waals surface area contributed by atoms with E-state index in [1.165, 1.54) is 13.3 Å². The number of hydrogen-bond donors (Lipinski definition) is 3. The van der Waals surface area contributed by atoms with E-state index in [9.17, 15) is 14.4 Å². The number of ether oxygens (including phenoxy) is 3. The highest BCUT2D eigenvalue weighted by Crippen LogP contribution is 2.50. The van der Waals surface area contributed by atoms with Crippen molar-refractivity contribution in [2.75, 3.05) is 39.7 Å². The summed E-state index contributed by atoms with van der Waals surface area (Å²) in [6.07, 6.45) is 8.06. The Morgan fingerprint density at radius 1 is 1.00 bits per heavy atom. The zero-order valence-corrected chi connectivity index (χ0v) is 23.5. The standard InChI is InChI=1S/C31H37N3O6/c1-17(35)34-24-9-7-20-13-27(38-2)30(39-3)31(40-4)29(20)22-8-10-25(26(36)14-23(22)24)32-16-28(37)33-15-21-12-18-5-6-19(21)11-18/h5-6,8,10,13-14,18-19,21,24H,7,9,11-12,15-16H2,1-4H3,(H,32,36)(H,33,37)(H,34,35)/t18?,19?,21?,24-/m0/s1. The number of aryl methyl sites for hydroxylation is 1. The molecule has 0 radical (unpaired) electrons. The first-order valence-electron chi connectivity index (χ1n) is 13.8. The number of amides is 2. The molecule has 3 aliphatic carbocycles. The molecule has 0 heterocycles. The summed E-state index contributed by atoms with van der Waals surface area (Å²) in [5.74, 6) is 2.83. The molecule has 5 rings (SSSR count). The minimum atomic E-state index is -0.395. The topological polar surface area (TPSA) is 115 Å². The van der Waals surface area contributed by atoms with Gasteiger partial charge in [-0.25, -0.2) is 0 Å². The van der Waals surface area contributed by atoms with Gasteiger partial charge in [0, 0.05) is 19.0 Å². The summed E-state index contributed by atoms with van der Waals surface area (Å²) in [5.41, 5.74) is 3.17. The van der Waals surface area contributed by atoms with Gasteiger partial charge in [-0.3, -0.25) is 14.4 Å². The summed E-state index contributed by atoms with van der Waals surface area (Å²) in [4.78, 5) is 38.2. The van der Waals surface area contributed by atoms with Gasteiger partial charge in [0.05, 0.1) is 39.6 Å². The van der Waals surface area contributed by atoms with Crippen LogP contribution in [-0.4, -0.2) is 46.2 Å². The van der Waals surface area contributed by atoms with Gasteiger partial charge < -0.3 is 30.2 Å². The molecule has 4 atom stereocenters. The van der Waals surface area contributed by atoms with E-state index < -0.39 is 6.04 Å². The second-order valence-electron chi connectivity index (χ2n) is 10.8. The summed E-state index contributed by atoms with van der Waals surface area (Å²) < 4.78 is 17.0. The molecular weight excluding hydrogens is 510 g/mol. The third-order valence-electron chi connectivity index (χ3n) is 8.33. The Morgan fingerprint density at radius 2 is 1.80 bits per heavy atom. The number of anilines is 1. The number of allylic oxidation sites excluding steroid dienone is 2. The van der Waals surface area contributed by atoms with Crippen LogP contribution in [0.3, 0.4) is 0 Å². The summed E-state index contributed by atoms with van der Waals surface area (Å²) in [6.45, 7) is 2.10. The Balaban J connectivity index is 1.46. The molecule has 1 saturated carbocycles. The average Bonchev–Trinajstić information content (AvgIpc) is 3.49. The Labute approximate surface area is 234 Å². The van der Waals surface area contributed by atoms with Gasteiger partial charge in [-0.1, -0.05) is 18.2 Å². The minimum absolute atomic E-state index is 0.0133. The van der Waals surface area contributed by atoms with E-state index in [4.69, 9.17) is 14.2 Å². The molecule has 0 aliphatic heterocycles. The normalized spacial score (nSPS) is 22.0. The SMILES string of the molecule is COc1cc2c(c(OC)c1OC)-c1ccc(NCC(=O)NCC3CC4C=CC3C4)c(=O)cc1[C@@H](NC(C)=O)CC2. The molecule has 3 unspecified atom stereocenters. The van der Waals surface area contributed by atoms with Crippen molar-refractivity contribution >= 4 is 17.5 Å².